The van der Waals surface area contributed by atoms with Gasteiger partial charge in [0.2, 0.25) is 5.95 Å². The maximum atomic E-state index is 12.0. The van der Waals surface area contributed by atoms with E-state index < -0.39 is 0 Å². The molecule has 0 saturated carbocycles. The van der Waals surface area contributed by atoms with Crippen LogP contribution in [-0.4, -0.2) is 54.1 Å². The van der Waals surface area contributed by atoms with Crippen LogP contribution in [0.1, 0.15) is 0 Å². The summed E-state index contributed by atoms with van der Waals surface area (Å²) < 4.78 is 0. The summed E-state index contributed by atoms with van der Waals surface area (Å²) in [5.41, 5.74) is 1.20. The molecule has 2 aromatic rings. The standard InChI is InChI=1S/C16H19ClN6O/c1-22-6-8-23(9-7-22)15-18-10-14(11-19-15)21-16(24)20-13-4-2-12(17)3-5-13/h2-5,10-11H,6-9H2,1H3,(H2,20,21,24). The Balaban J connectivity index is 1.55. The lowest BCUT2D eigenvalue weighted by Gasteiger charge is -2.32. The normalized spacial score (nSPS) is 15.2. The van der Waals surface area contributed by atoms with Crippen molar-refractivity contribution in [2.24, 2.45) is 0 Å². The van der Waals surface area contributed by atoms with E-state index in [0.29, 0.717) is 22.3 Å². The van der Waals surface area contributed by atoms with E-state index in [1.807, 2.05) is 0 Å². The number of rotatable bonds is 3. The Hall–Kier alpha value is -2.38. The summed E-state index contributed by atoms with van der Waals surface area (Å²) in [4.78, 5) is 25.0. The fraction of sp³-hybridized carbons (Fsp3) is 0.312. The van der Waals surface area contributed by atoms with Crippen molar-refractivity contribution in [3.8, 4) is 0 Å². The van der Waals surface area contributed by atoms with Crippen LogP contribution in [-0.2, 0) is 0 Å². The van der Waals surface area contributed by atoms with Gasteiger partial charge in [0.15, 0.2) is 0 Å². The summed E-state index contributed by atoms with van der Waals surface area (Å²) in [6.45, 7) is 3.79. The number of hydrogen-bond donors (Lipinski definition) is 2. The zero-order chi connectivity index (χ0) is 16.9. The number of urea groups is 1. The van der Waals surface area contributed by atoms with Crippen molar-refractivity contribution in [1.29, 1.82) is 0 Å². The number of aromatic nitrogens is 2. The molecule has 24 heavy (non-hydrogen) atoms. The Morgan fingerprint density at radius 1 is 1.00 bits per heavy atom. The smallest absolute Gasteiger partial charge is 0.323 e. The average molecular weight is 347 g/mol. The molecule has 0 spiro atoms. The summed E-state index contributed by atoms with van der Waals surface area (Å²) in [5.74, 6) is 0.687. The van der Waals surface area contributed by atoms with Gasteiger partial charge in [0, 0.05) is 36.9 Å². The second-order valence-electron chi connectivity index (χ2n) is 5.65. The van der Waals surface area contributed by atoms with Gasteiger partial charge in [-0.2, -0.15) is 0 Å². The lowest BCUT2D eigenvalue weighted by Crippen LogP contribution is -2.45. The molecule has 0 bridgehead atoms. The highest BCUT2D eigenvalue weighted by Crippen LogP contribution is 2.15. The Kier molecular flexibility index (Phi) is 5.12. The van der Waals surface area contributed by atoms with Crippen molar-refractivity contribution < 1.29 is 4.79 Å². The number of carbonyl (C=O) groups is 1. The number of nitrogens with zero attached hydrogens (tertiary/aromatic N) is 4. The summed E-state index contributed by atoms with van der Waals surface area (Å²) in [5, 5.41) is 6.05. The fourth-order valence-corrected chi connectivity index (χ4v) is 2.51. The third-order valence-electron chi connectivity index (χ3n) is 3.78. The van der Waals surface area contributed by atoms with Crippen LogP contribution < -0.4 is 15.5 Å². The molecule has 0 atom stereocenters. The minimum absolute atomic E-state index is 0.353. The molecule has 1 saturated heterocycles. The number of piperazine rings is 1. The van der Waals surface area contributed by atoms with E-state index in [2.05, 4.69) is 37.4 Å². The van der Waals surface area contributed by atoms with Crippen molar-refractivity contribution in [3.05, 3.63) is 41.7 Å². The lowest BCUT2D eigenvalue weighted by atomic mass is 10.3. The Morgan fingerprint density at radius 2 is 1.58 bits per heavy atom. The SMILES string of the molecule is CN1CCN(c2ncc(NC(=O)Nc3ccc(Cl)cc3)cn2)CC1. The number of amides is 2. The van der Waals surface area contributed by atoms with Gasteiger partial charge in [0.1, 0.15) is 0 Å². The molecule has 1 aromatic heterocycles. The second-order valence-corrected chi connectivity index (χ2v) is 6.08. The number of likely N-dealkylation sites (N-methyl/N-ethyl adjacent to an activating group) is 1. The van der Waals surface area contributed by atoms with Gasteiger partial charge in [0.25, 0.3) is 0 Å². The Bertz CT molecular complexity index is 683. The molecular weight excluding hydrogens is 328 g/mol. The first kappa shape index (κ1) is 16.5. The van der Waals surface area contributed by atoms with Crippen LogP contribution in [0.2, 0.25) is 5.02 Å². The van der Waals surface area contributed by atoms with Crippen molar-refractivity contribution in [2.45, 2.75) is 0 Å². The molecule has 1 aliphatic heterocycles. The molecule has 1 aromatic carbocycles. The van der Waals surface area contributed by atoms with Gasteiger partial charge >= 0.3 is 6.03 Å². The third-order valence-corrected chi connectivity index (χ3v) is 4.04. The van der Waals surface area contributed by atoms with E-state index in [0.717, 1.165) is 26.2 Å². The lowest BCUT2D eigenvalue weighted by molar-refractivity contribution is 0.262. The Labute approximate surface area is 145 Å². The van der Waals surface area contributed by atoms with Gasteiger partial charge in [-0.25, -0.2) is 14.8 Å². The monoisotopic (exact) mass is 346 g/mol. The highest BCUT2D eigenvalue weighted by molar-refractivity contribution is 6.30. The average Bonchev–Trinajstić information content (AvgIpc) is 2.58. The summed E-state index contributed by atoms with van der Waals surface area (Å²) in [7, 11) is 2.10. The van der Waals surface area contributed by atoms with Crippen LogP contribution in [0.15, 0.2) is 36.7 Å². The number of carbonyl (C=O) groups excluding carboxylic acids is 1. The number of anilines is 3. The zero-order valence-electron chi connectivity index (χ0n) is 13.4. The second kappa shape index (κ2) is 7.46. The van der Waals surface area contributed by atoms with Crippen LogP contribution >= 0.6 is 11.6 Å². The molecule has 0 radical (unpaired) electrons. The molecule has 3 rings (SSSR count). The van der Waals surface area contributed by atoms with E-state index in [-0.39, 0.29) is 6.03 Å². The van der Waals surface area contributed by atoms with Crippen molar-refractivity contribution >= 4 is 35.0 Å². The molecular formula is C16H19ClN6O. The number of benzene rings is 1. The van der Waals surface area contributed by atoms with Gasteiger partial charge in [-0.15, -0.1) is 0 Å². The zero-order valence-corrected chi connectivity index (χ0v) is 14.1. The molecule has 2 amide bonds. The van der Waals surface area contributed by atoms with E-state index in [1.165, 1.54) is 0 Å². The highest BCUT2D eigenvalue weighted by Gasteiger charge is 2.16. The largest absolute Gasteiger partial charge is 0.338 e. The van der Waals surface area contributed by atoms with Gasteiger partial charge in [-0.3, -0.25) is 0 Å². The van der Waals surface area contributed by atoms with Crippen LogP contribution in [0.4, 0.5) is 22.1 Å². The quantitative estimate of drug-likeness (QED) is 0.893. The van der Waals surface area contributed by atoms with Crippen LogP contribution in [0.5, 0.6) is 0 Å². The molecule has 1 fully saturated rings. The number of halogens is 1. The summed E-state index contributed by atoms with van der Waals surface area (Å²) >= 11 is 5.81. The Morgan fingerprint density at radius 3 is 2.21 bits per heavy atom. The van der Waals surface area contributed by atoms with Crippen molar-refractivity contribution in [1.82, 2.24) is 14.9 Å². The van der Waals surface area contributed by atoms with Gasteiger partial charge in [-0.05, 0) is 31.3 Å². The topological polar surface area (TPSA) is 73.4 Å². The molecule has 126 valence electrons. The van der Waals surface area contributed by atoms with Gasteiger partial charge in [0.05, 0.1) is 18.1 Å². The molecule has 0 aliphatic carbocycles. The van der Waals surface area contributed by atoms with E-state index in [9.17, 15) is 4.79 Å². The maximum Gasteiger partial charge on any atom is 0.323 e. The van der Waals surface area contributed by atoms with E-state index >= 15 is 0 Å². The minimum atomic E-state index is -0.353. The summed E-state index contributed by atoms with van der Waals surface area (Å²) in [6.07, 6.45) is 3.23. The molecule has 7 nitrogen and oxygen atoms in total. The van der Waals surface area contributed by atoms with Gasteiger partial charge in [-0.1, -0.05) is 11.6 Å². The molecule has 8 heteroatoms. The van der Waals surface area contributed by atoms with Crippen molar-refractivity contribution in [2.75, 3.05) is 48.8 Å². The maximum absolute atomic E-state index is 12.0. The molecule has 0 unspecified atom stereocenters. The predicted octanol–water partition coefficient (Wildman–Crippen LogP) is 2.53. The first-order chi connectivity index (χ1) is 11.6. The van der Waals surface area contributed by atoms with Gasteiger partial charge < -0.3 is 20.4 Å². The van der Waals surface area contributed by atoms with Crippen LogP contribution in [0, 0.1) is 0 Å². The molecule has 1 aliphatic rings. The minimum Gasteiger partial charge on any atom is -0.338 e. The first-order valence-corrected chi connectivity index (χ1v) is 8.07. The molecule has 2 heterocycles. The number of hydrogen-bond acceptors (Lipinski definition) is 5. The third kappa shape index (κ3) is 4.33. The van der Waals surface area contributed by atoms with Crippen LogP contribution in [0.25, 0.3) is 0 Å². The predicted molar refractivity (Wildman–Crippen MR) is 95.8 cm³/mol. The van der Waals surface area contributed by atoms with Crippen molar-refractivity contribution in [3.63, 3.8) is 0 Å². The summed E-state index contributed by atoms with van der Waals surface area (Å²) in [6, 6.07) is 6.54. The number of nitrogens with one attached hydrogen (secondary N) is 2. The highest BCUT2D eigenvalue weighted by atomic mass is 35.5. The van der Waals surface area contributed by atoms with E-state index in [4.69, 9.17) is 11.6 Å². The van der Waals surface area contributed by atoms with E-state index in [1.54, 1.807) is 36.7 Å². The van der Waals surface area contributed by atoms with Crippen LogP contribution in [0.3, 0.4) is 0 Å². The molecule has 2 N–H and O–H groups in total. The fourth-order valence-electron chi connectivity index (χ4n) is 2.38. The first-order valence-electron chi connectivity index (χ1n) is 7.69.